The molecule has 2 heterocycles. The van der Waals surface area contributed by atoms with Gasteiger partial charge in [0.1, 0.15) is 11.6 Å². The number of piperazine rings is 1. The summed E-state index contributed by atoms with van der Waals surface area (Å²) in [6.07, 6.45) is 0. The number of nitrogens with zero attached hydrogens (tertiary/aromatic N) is 4. The molecule has 0 radical (unpaired) electrons. The fourth-order valence-corrected chi connectivity index (χ4v) is 2.41. The van der Waals surface area contributed by atoms with Crippen molar-refractivity contribution in [1.29, 1.82) is 0 Å². The number of rotatable bonds is 3. The third kappa shape index (κ3) is 3.65. The fraction of sp³-hybridized carbons (Fsp3) is 0.312. The Morgan fingerprint density at radius 2 is 1.83 bits per heavy atom. The maximum Gasteiger partial charge on any atom is 0.274 e. The van der Waals surface area contributed by atoms with Crippen LogP contribution >= 0.6 is 0 Å². The maximum absolute atomic E-state index is 13.6. The normalized spacial score (nSPS) is 15.4. The van der Waals surface area contributed by atoms with E-state index in [1.54, 1.807) is 11.0 Å². The molecule has 3 rings (SSSR count). The van der Waals surface area contributed by atoms with E-state index in [4.69, 9.17) is 0 Å². The minimum Gasteiger partial charge on any atom is -0.336 e. The molecule has 1 fully saturated rings. The highest BCUT2D eigenvalue weighted by molar-refractivity contribution is 5.92. The third-order valence-electron chi connectivity index (χ3n) is 3.87. The van der Waals surface area contributed by atoms with E-state index in [1.165, 1.54) is 12.1 Å². The number of halogens is 2. The molecule has 0 spiro atoms. The second-order valence-corrected chi connectivity index (χ2v) is 5.65. The second kappa shape index (κ2) is 6.88. The van der Waals surface area contributed by atoms with Crippen molar-refractivity contribution in [2.75, 3.05) is 38.5 Å². The summed E-state index contributed by atoms with van der Waals surface area (Å²) in [4.78, 5) is 16.2. The molecular weight excluding hydrogens is 316 g/mol. The molecule has 0 atom stereocenters. The van der Waals surface area contributed by atoms with Gasteiger partial charge >= 0.3 is 0 Å². The third-order valence-corrected chi connectivity index (χ3v) is 3.87. The number of aromatic nitrogens is 2. The van der Waals surface area contributed by atoms with Crippen LogP contribution in [0.25, 0.3) is 0 Å². The van der Waals surface area contributed by atoms with Gasteiger partial charge in [-0.25, -0.2) is 8.78 Å². The number of amides is 1. The van der Waals surface area contributed by atoms with Gasteiger partial charge in [-0.2, -0.15) is 0 Å². The van der Waals surface area contributed by atoms with Crippen LogP contribution in [-0.2, 0) is 0 Å². The van der Waals surface area contributed by atoms with Crippen molar-refractivity contribution in [1.82, 2.24) is 20.0 Å². The Hall–Kier alpha value is -2.61. The Bertz CT molecular complexity index is 730. The molecule has 8 heteroatoms. The molecule has 2 aromatic rings. The minimum absolute atomic E-state index is 0.0869. The van der Waals surface area contributed by atoms with E-state index >= 15 is 0 Å². The molecule has 24 heavy (non-hydrogen) atoms. The van der Waals surface area contributed by atoms with Crippen LogP contribution in [0.5, 0.6) is 0 Å². The monoisotopic (exact) mass is 333 g/mol. The van der Waals surface area contributed by atoms with Gasteiger partial charge in [0.15, 0.2) is 11.5 Å². The van der Waals surface area contributed by atoms with Gasteiger partial charge < -0.3 is 15.1 Å². The zero-order valence-corrected chi connectivity index (χ0v) is 13.2. The average Bonchev–Trinajstić information content (AvgIpc) is 2.58. The van der Waals surface area contributed by atoms with Crippen LogP contribution in [0.3, 0.4) is 0 Å². The predicted molar refractivity (Wildman–Crippen MR) is 85.1 cm³/mol. The summed E-state index contributed by atoms with van der Waals surface area (Å²) in [5, 5.41) is 10.5. The number of nitrogens with one attached hydrogen (secondary N) is 1. The van der Waals surface area contributed by atoms with Crippen LogP contribution in [0.4, 0.5) is 20.3 Å². The van der Waals surface area contributed by atoms with Crippen LogP contribution < -0.4 is 5.32 Å². The number of hydrogen-bond acceptors (Lipinski definition) is 5. The van der Waals surface area contributed by atoms with Gasteiger partial charge in [-0.1, -0.05) is 0 Å². The first-order valence-corrected chi connectivity index (χ1v) is 7.56. The highest BCUT2D eigenvalue weighted by Gasteiger charge is 2.21. The van der Waals surface area contributed by atoms with E-state index < -0.39 is 11.6 Å². The van der Waals surface area contributed by atoms with Gasteiger partial charge in [0.25, 0.3) is 5.91 Å². The summed E-state index contributed by atoms with van der Waals surface area (Å²) < 4.78 is 26.5. The van der Waals surface area contributed by atoms with Crippen molar-refractivity contribution in [2.24, 2.45) is 0 Å². The van der Waals surface area contributed by atoms with Crippen molar-refractivity contribution >= 4 is 17.4 Å². The lowest BCUT2D eigenvalue weighted by Crippen LogP contribution is -2.47. The van der Waals surface area contributed by atoms with Gasteiger partial charge in [-0.05, 0) is 31.3 Å². The van der Waals surface area contributed by atoms with Gasteiger partial charge in [0.2, 0.25) is 0 Å². The average molecular weight is 333 g/mol. The highest BCUT2D eigenvalue weighted by atomic mass is 19.1. The molecule has 6 nitrogen and oxygen atoms in total. The standard InChI is InChI=1S/C16H17F2N5O/c1-22-6-8-23(9-7-22)16(24)14-4-5-15(21-20-14)19-13-3-2-11(17)10-12(13)18/h2-5,10H,6-9H2,1H3,(H,19,21). The molecule has 0 bridgehead atoms. The van der Waals surface area contributed by atoms with Gasteiger partial charge in [-0.15, -0.1) is 10.2 Å². The molecule has 0 unspecified atom stereocenters. The summed E-state index contributed by atoms with van der Waals surface area (Å²) in [5.41, 5.74) is 0.327. The molecule has 1 amide bonds. The van der Waals surface area contributed by atoms with Crippen LogP contribution in [-0.4, -0.2) is 59.1 Å². The molecule has 126 valence electrons. The number of benzene rings is 1. The quantitative estimate of drug-likeness (QED) is 0.929. The summed E-state index contributed by atoms with van der Waals surface area (Å²) in [7, 11) is 2.01. The lowest BCUT2D eigenvalue weighted by atomic mass is 10.2. The van der Waals surface area contributed by atoms with Crippen molar-refractivity contribution < 1.29 is 13.6 Å². The molecule has 1 aromatic heterocycles. The Morgan fingerprint density at radius 1 is 1.08 bits per heavy atom. The molecule has 0 aliphatic carbocycles. The topological polar surface area (TPSA) is 61.4 Å². The van der Waals surface area contributed by atoms with Crippen LogP contribution in [0, 0.1) is 11.6 Å². The van der Waals surface area contributed by atoms with Crippen molar-refractivity contribution in [3.8, 4) is 0 Å². The molecule has 1 saturated heterocycles. The fourth-order valence-electron chi connectivity index (χ4n) is 2.41. The van der Waals surface area contributed by atoms with E-state index in [2.05, 4.69) is 20.4 Å². The van der Waals surface area contributed by atoms with Crippen LogP contribution in [0.2, 0.25) is 0 Å². The smallest absolute Gasteiger partial charge is 0.274 e. The number of carbonyl (C=O) groups is 1. The Kier molecular flexibility index (Phi) is 4.66. The SMILES string of the molecule is CN1CCN(C(=O)c2ccc(Nc3ccc(F)cc3F)nn2)CC1. The molecule has 1 aliphatic rings. The largest absolute Gasteiger partial charge is 0.336 e. The van der Waals surface area contributed by atoms with Gasteiger partial charge in [0, 0.05) is 32.2 Å². The molecular formula is C16H17F2N5O. The van der Waals surface area contributed by atoms with Gasteiger partial charge in [-0.3, -0.25) is 4.79 Å². The first-order valence-electron chi connectivity index (χ1n) is 7.56. The summed E-state index contributed by atoms with van der Waals surface area (Å²) in [6, 6.07) is 6.28. The number of likely N-dealkylation sites (N-methyl/N-ethyl adjacent to an activating group) is 1. The first-order chi connectivity index (χ1) is 11.5. The highest BCUT2D eigenvalue weighted by Crippen LogP contribution is 2.19. The van der Waals surface area contributed by atoms with E-state index in [-0.39, 0.29) is 23.1 Å². The van der Waals surface area contributed by atoms with E-state index in [0.29, 0.717) is 13.1 Å². The molecule has 1 aromatic carbocycles. The molecule has 1 aliphatic heterocycles. The Balaban J connectivity index is 1.68. The van der Waals surface area contributed by atoms with Crippen LogP contribution in [0.15, 0.2) is 30.3 Å². The minimum atomic E-state index is -0.727. The molecule has 1 N–H and O–H groups in total. The van der Waals surface area contributed by atoms with Gasteiger partial charge in [0.05, 0.1) is 5.69 Å². The van der Waals surface area contributed by atoms with E-state index in [0.717, 1.165) is 25.2 Å². The zero-order valence-electron chi connectivity index (χ0n) is 13.2. The van der Waals surface area contributed by atoms with E-state index in [9.17, 15) is 13.6 Å². The lowest BCUT2D eigenvalue weighted by molar-refractivity contribution is 0.0657. The van der Waals surface area contributed by atoms with E-state index in [1.807, 2.05) is 7.05 Å². The summed E-state index contributed by atoms with van der Waals surface area (Å²) in [5.74, 6) is -1.28. The van der Waals surface area contributed by atoms with Crippen molar-refractivity contribution in [3.63, 3.8) is 0 Å². The second-order valence-electron chi connectivity index (χ2n) is 5.65. The zero-order chi connectivity index (χ0) is 17.1. The Morgan fingerprint density at radius 3 is 2.46 bits per heavy atom. The number of anilines is 2. The summed E-state index contributed by atoms with van der Waals surface area (Å²) >= 11 is 0. The molecule has 0 saturated carbocycles. The van der Waals surface area contributed by atoms with Crippen molar-refractivity contribution in [2.45, 2.75) is 0 Å². The summed E-state index contributed by atoms with van der Waals surface area (Å²) in [6.45, 7) is 2.95. The number of carbonyl (C=O) groups excluding carboxylic acids is 1. The van der Waals surface area contributed by atoms with Crippen LogP contribution in [0.1, 0.15) is 10.5 Å². The first kappa shape index (κ1) is 16.3. The van der Waals surface area contributed by atoms with Crippen molar-refractivity contribution in [3.05, 3.63) is 47.7 Å². The lowest BCUT2D eigenvalue weighted by Gasteiger charge is -2.32. The predicted octanol–water partition coefficient (Wildman–Crippen LogP) is 1.89. The Labute approximate surface area is 138 Å². The number of hydrogen-bond donors (Lipinski definition) is 1. The maximum atomic E-state index is 13.6.